The Morgan fingerprint density at radius 2 is 2.12 bits per heavy atom. The van der Waals surface area contributed by atoms with Gasteiger partial charge < -0.3 is 10.2 Å². The number of piperazine rings is 1. The van der Waals surface area contributed by atoms with Crippen molar-refractivity contribution < 1.29 is 0 Å². The average molecular weight is 217 g/mol. The van der Waals surface area contributed by atoms with Crippen LogP contribution < -0.4 is 10.2 Å². The summed E-state index contributed by atoms with van der Waals surface area (Å²) in [5.41, 5.74) is 2.13. The van der Waals surface area contributed by atoms with Crippen LogP contribution in [0.4, 0.5) is 5.82 Å². The van der Waals surface area contributed by atoms with E-state index in [9.17, 15) is 0 Å². The standard InChI is InChI=1S/C11H15N5/c1-9-8-10-11(13-4-7-16(10)14-9)15-5-2-12-3-6-15/h4,7-8,12H,2-3,5-6H2,1H3. The van der Waals surface area contributed by atoms with Crippen LogP contribution in [0.1, 0.15) is 5.69 Å². The molecule has 1 N–H and O–H groups in total. The number of hydrogen-bond donors (Lipinski definition) is 1. The maximum absolute atomic E-state index is 4.48. The number of aromatic nitrogens is 3. The third-order valence-corrected chi connectivity index (χ3v) is 2.91. The second-order valence-electron chi connectivity index (χ2n) is 4.10. The summed E-state index contributed by atoms with van der Waals surface area (Å²) in [5.74, 6) is 1.05. The quantitative estimate of drug-likeness (QED) is 0.753. The number of fused-ring (bicyclic) bond motifs is 1. The van der Waals surface area contributed by atoms with E-state index in [1.165, 1.54) is 0 Å². The smallest absolute Gasteiger partial charge is 0.154 e. The second-order valence-corrected chi connectivity index (χ2v) is 4.10. The predicted octanol–water partition coefficient (Wildman–Crippen LogP) is 0.447. The summed E-state index contributed by atoms with van der Waals surface area (Å²) in [6.45, 7) is 6.08. The fourth-order valence-corrected chi connectivity index (χ4v) is 2.15. The summed E-state index contributed by atoms with van der Waals surface area (Å²) in [6.07, 6.45) is 3.71. The number of nitrogens with one attached hydrogen (secondary N) is 1. The first kappa shape index (κ1) is 9.59. The SMILES string of the molecule is Cc1cc2c(N3CCNCC3)nccn2n1. The van der Waals surface area contributed by atoms with Crippen molar-refractivity contribution >= 4 is 11.3 Å². The Hall–Kier alpha value is -1.62. The van der Waals surface area contributed by atoms with Gasteiger partial charge in [-0.3, -0.25) is 0 Å². The minimum Gasteiger partial charge on any atom is -0.352 e. The third-order valence-electron chi connectivity index (χ3n) is 2.91. The van der Waals surface area contributed by atoms with Crippen LogP contribution in [0.15, 0.2) is 18.5 Å². The van der Waals surface area contributed by atoms with Crippen molar-refractivity contribution in [1.82, 2.24) is 19.9 Å². The summed E-state index contributed by atoms with van der Waals surface area (Å²) >= 11 is 0. The van der Waals surface area contributed by atoms with Gasteiger partial charge in [-0.2, -0.15) is 5.10 Å². The summed E-state index contributed by atoms with van der Waals surface area (Å²) in [5, 5.41) is 7.75. The maximum atomic E-state index is 4.48. The first-order chi connectivity index (χ1) is 7.84. The van der Waals surface area contributed by atoms with Gasteiger partial charge in [-0.25, -0.2) is 9.50 Å². The van der Waals surface area contributed by atoms with Gasteiger partial charge in [0.2, 0.25) is 0 Å². The lowest BCUT2D eigenvalue weighted by Crippen LogP contribution is -2.44. The van der Waals surface area contributed by atoms with Crippen molar-refractivity contribution in [3.8, 4) is 0 Å². The Labute approximate surface area is 94.1 Å². The molecule has 2 aromatic rings. The zero-order chi connectivity index (χ0) is 11.0. The molecule has 16 heavy (non-hydrogen) atoms. The molecule has 0 radical (unpaired) electrons. The Morgan fingerprint density at radius 3 is 2.94 bits per heavy atom. The van der Waals surface area contributed by atoms with E-state index in [0.717, 1.165) is 43.2 Å². The van der Waals surface area contributed by atoms with Gasteiger partial charge in [0.05, 0.1) is 5.69 Å². The molecule has 3 heterocycles. The molecule has 84 valence electrons. The van der Waals surface area contributed by atoms with Gasteiger partial charge in [-0.1, -0.05) is 0 Å². The van der Waals surface area contributed by atoms with Crippen molar-refractivity contribution in [2.75, 3.05) is 31.1 Å². The summed E-state index contributed by atoms with van der Waals surface area (Å²) in [6, 6.07) is 2.09. The number of hydrogen-bond acceptors (Lipinski definition) is 4. The van der Waals surface area contributed by atoms with Gasteiger partial charge in [0.25, 0.3) is 0 Å². The molecule has 2 aromatic heterocycles. The molecule has 1 aliphatic rings. The van der Waals surface area contributed by atoms with Gasteiger partial charge in [0.1, 0.15) is 5.52 Å². The van der Waals surface area contributed by atoms with Gasteiger partial charge in [-0.15, -0.1) is 0 Å². The van der Waals surface area contributed by atoms with Crippen LogP contribution in [0.3, 0.4) is 0 Å². The third kappa shape index (κ3) is 1.53. The lowest BCUT2D eigenvalue weighted by Gasteiger charge is -2.28. The molecule has 5 heteroatoms. The van der Waals surface area contributed by atoms with E-state index < -0.39 is 0 Å². The Bertz CT molecular complexity index is 498. The van der Waals surface area contributed by atoms with Crippen LogP contribution in [0.2, 0.25) is 0 Å². The second kappa shape index (κ2) is 3.75. The molecule has 1 aliphatic heterocycles. The molecular weight excluding hydrogens is 202 g/mol. The summed E-state index contributed by atoms with van der Waals surface area (Å²) in [4.78, 5) is 6.79. The lowest BCUT2D eigenvalue weighted by atomic mass is 10.3. The molecule has 1 fully saturated rings. The highest BCUT2D eigenvalue weighted by molar-refractivity contribution is 5.69. The van der Waals surface area contributed by atoms with Gasteiger partial charge in [-0.05, 0) is 13.0 Å². The van der Waals surface area contributed by atoms with Crippen molar-refractivity contribution in [3.63, 3.8) is 0 Å². The first-order valence-electron chi connectivity index (χ1n) is 5.61. The Morgan fingerprint density at radius 1 is 1.31 bits per heavy atom. The van der Waals surface area contributed by atoms with E-state index in [2.05, 4.69) is 26.4 Å². The Balaban J connectivity index is 2.07. The highest BCUT2D eigenvalue weighted by atomic mass is 15.3. The molecule has 0 amide bonds. The largest absolute Gasteiger partial charge is 0.352 e. The molecule has 0 bridgehead atoms. The molecule has 5 nitrogen and oxygen atoms in total. The zero-order valence-corrected chi connectivity index (χ0v) is 9.35. The normalized spacial score (nSPS) is 16.9. The maximum Gasteiger partial charge on any atom is 0.154 e. The fraction of sp³-hybridized carbons (Fsp3) is 0.455. The molecule has 0 aromatic carbocycles. The predicted molar refractivity (Wildman–Crippen MR) is 62.8 cm³/mol. The molecule has 0 saturated carbocycles. The molecule has 1 saturated heterocycles. The molecular formula is C11H15N5. The average Bonchev–Trinajstić information content (AvgIpc) is 2.70. The number of anilines is 1. The summed E-state index contributed by atoms with van der Waals surface area (Å²) < 4.78 is 1.90. The van der Waals surface area contributed by atoms with Crippen LogP contribution in [-0.2, 0) is 0 Å². The van der Waals surface area contributed by atoms with Crippen molar-refractivity contribution in [3.05, 3.63) is 24.2 Å². The van der Waals surface area contributed by atoms with E-state index in [4.69, 9.17) is 0 Å². The molecule has 0 unspecified atom stereocenters. The molecule has 0 spiro atoms. The van der Waals surface area contributed by atoms with E-state index >= 15 is 0 Å². The zero-order valence-electron chi connectivity index (χ0n) is 9.35. The minimum absolute atomic E-state index is 1.01. The molecule has 0 atom stereocenters. The first-order valence-corrected chi connectivity index (χ1v) is 5.61. The van der Waals surface area contributed by atoms with E-state index in [1.807, 2.05) is 23.8 Å². The van der Waals surface area contributed by atoms with Gasteiger partial charge in [0.15, 0.2) is 5.82 Å². The van der Waals surface area contributed by atoms with Crippen LogP contribution in [-0.4, -0.2) is 40.8 Å². The Kier molecular flexibility index (Phi) is 2.25. The van der Waals surface area contributed by atoms with E-state index in [0.29, 0.717) is 0 Å². The lowest BCUT2D eigenvalue weighted by molar-refractivity contribution is 0.585. The number of aryl methyl sites for hydroxylation is 1. The van der Waals surface area contributed by atoms with Crippen LogP contribution >= 0.6 is 0 Å². The van der Waals surface area contributed by atoms with E-state index in [-0.39, 0.29) is 0 Å². The molecule has 0 aliphatic carbocycles. The van der Waals surface area contributed by atoms with Gasteiger partial charge >= 0.3 is 0 Å². The number of nitrogens with zero attached hydrogens (tertiary/aromatic N) is 4. The highest BCUT2D eigenvalue weighted by Crippen LogP contribution is 2.19. The molecule has 3 rings (SSSR count). The monoisotopic (exact) mass is 217 g/mol. The van der Waals surface area contributed by atoms with Crippen molar-refractivity contribution in [1.29, 1.82) is 0 Å². The van der Waals surface area contributed by atoms with Gasteiger partial charge in [0, 0.05) is 38.6 Å². The fourth-order valence-electron chi connectivity index (χ4n) is 2.15. The van der Waals surface area contributed by atoms with Crippen LogP contribution in [0.25, 0.3) is 5.52 Å². The minimum atomic E-state index is 1.01. The highest BCUT2D eigenvalue weighted by Gasteiger charge is 2.15. The van der Waals surface area contributed by atoms with Crippen LogP contribution in [0.5, 0.6) is 0 Å². The van der Waals surface area contributed by atoms with E-state index in [1.54, 1.807) is 0 Å². The number of rotatable bonds is 1. The topological polar surface area (TPSA) is 45.5 Å². The van der Waals surface area contributed by atoms with Crippen molar-refractivity contribution in [2.45, 2.75) is 6.92 Å². The van der Waals surface area contributed by atoms with Crippen molar-refractivity contribution in [2.24, 2.45) is 0 Å². The summed E-state index contributed by atoms with van der Waals surface area (Å²) in [7, 11) is 0. The van der Waals surface area contributed by atoms with Crippen LogP contribution in [0, 0.1) is 6.92 Å².